The van der Waals surface area contributed by atoms with Crippen LogP contribution >= 0.6 is 0 Å². The van der Waals surface area contributed by atoms with Crippen molar-refractivity contribution in [2.75, 3.05) is 0 Å². The summed E-state index contributed by atoms with van der Waals surface area (Å²) >= 11 is 0. The number of rotatable bonds is 5. The molecule has 1 aliphatic rings. The zero-order valence-electron chi connectivity index (χ0n) is 12.3. The van der Waals surface area contributed by atoms with Crippen molar-refractivity contribution in [3.63, 3.8) is 0 Å². The van der Waals surface area contributed by atoms with Crippen molar-refractivity contribution < 1.29 is 18.7 Å². The highest BCUT2D eigenvalue weighted by Crippen LogP contribution is 2.42. The molecule has 0 radical (unpaired) electrons. The minimum atomic E-state index is -3.63. The molecule has 7 heteroatoms. The molecule has 23 heavy (non-hydrogen) atoms. The highest BCUT2D eigenvalue weighted by atomic mass is 32.2. The lowest BCUT2D eigenvalue weighted by atomic mass is 10.0. The number of hydrogen-bond acceptors (Lipinski definition) is 5. The molecule has 2 aromatic rings. The number of aliphatic hydroxyl groups is 1. The van der Waals surface area contributed by atoms with Crippen LogP contribution in [0, 0.1) is 0 Å². The van der Waals surface area contributed by atoms with Gasteiger partial charge in [0.05, 0.1) is 10.9 Å². The van der Waals surface area contributed by atoms with Gasteiger partial charge in [-0.1, -0.05) is 48.5 Å². The first-order chi connectivity index (χ1) is 11.0. The third kappa shape index (κ3) is 3.01. The molecule has 3 rings (SSSR count). The summed E-state index contributed by atoms with van der Waals surface area (Å²) in [6.45, 7) is 0.209. The van der Waals surface area contributed by atoms with Gasteiger partial charge < -0.3 is 10.3 Å². The van der Waals surface area contributed by atoms with Crippen LogP contribution in [0.2, 0.25) is 0 Å². The molecule has 3 N–H and O–H groups in total. The van der Waals surface area contributed by atoms with Gasteiger partial charge in [-0.3, -0.25) is 0 Å². The lowest BCUT2D eigenvalue weighted by molar-refractivity contribution is -0.0132. The average molecular weight is 334 g/mol. The fourth-order valence-corrected chi connectivity index (χ4v) is 4.77. The van der Waals surface area contributed by atoms with Crippen molar-refractivity contribution in [3.05, 3.63) is 65.7 Å². The van der Waals surface area contributed by atoms with Crippen LogP contribution in [-0.4, -0.2) is 29.3 Å². The number of nitrogens with zero attached hydrogens (tertiary/aromatic N) is 1. The molecule has 0 aromatic heterocycles. The van der Waals surface area contributed by atoms with E-state index in [1.165, 1.54) is 4.31 Å². The smallest absolute Gasteiger partial charge is 0.244 e. The molecule has 1 aliphatic heterocycles. The van der Waals surface area contributed by atoms with Crippen LogP contribution in [0.4, 0.5) is 0 Å². The molecule has 0 aliphatic carbocycles. The highest BCUT2D eigenvalue weighted by Gasteiger charge is 2.42. The number of aliphatic hydroxyl groups excluding tert-OH is 1. The molecule has 0 bridgehead atoms. The number of fused-ring (bicyclic) bond motifs is 1. The minimum Gasteiger partial charge on any atom is -0.376 e. The zero-order chi connectivity index (χ0) is 16.4. The molecular formula is C16H18N2O4S. The maximum absolute atomic E-state index is 12.8. The fraction of sp³-hybridized carbons (Fsp3) is 0.250. The molecule has 1 heterocycles. The monoisotopic (exact) mass is 334 g/mol. The first kappa shape index (κ1) is 16.1. The summed E-state index contributed by atoms with van der Waals surface area (Å²) in [6, 6.07) is 15.5. The van der Waals surface area contributed by atoms with Gasteiger partial charge in [0.1, 0.15) is 6.23 Å². The minimum absolute atomic E-state index is 0.0551. The number of hydroxylamine groups is 1. The topological polar surface area (TPSA) is 89.9 Å². The van der Waals surface area contributed by atoms with Crippen LogP contribution in [-0.2, 0) is 16.6 Å². The first-order valence-electron chi connectivity index (χ1n) is 7.26. The van der Waals surface area contributed by atoms with E-state index in [2.05, 4.69) is 0 Å². The third-order valence-electron chi connectivity index (χ3n) is 3.99. The molecule has 122 valence electrons. The predicted molar refractivity (Wildman–Crippen MR) is 83.9 cm³/mol. The second-order valence-corrected chi connectivity index (χ2v) is 7.33. The molecule has 0 spiro atoms. The molecule has 0 saturated carbocycles. The number of hydrogen-bond donors (Lipinski definition) is 3. The van der Waals surface area contributed by atoms with Crippen molar-refractivity contribution in [2.45, 2.75) is 30.1 Å². The first-order valence-corrected chi connectivity index (χ1v) is 8.70. The normalized spacial score (nSPS) is 21.0. The van der Waals surface area contributed by atoms with Gasteiger partial charge in [-0.15, -0.1) is 0 Å². The van der Waals surface area contributed by atoms with Gasteiger partial charge in [0.2, 0.25) is 10.0 Å². The largest absolute Gasteiger partial charge is 0.376 e. The van der Waals surface area contributed by atoms with Crippen LogP contribution < -0.4 is 5.48 Å². The van der Waals surface area contributed by atoms with E-state index in [4.69, 9.17) is 5.21 Å². The number of sulfonamides is 1. The van der Waals surface area contributed by atoms with E-state index in [9.17, 15) is 13.5 Å². The van der Waals surface area contributed by atoms with Crippen LogP contribution in [0.1, 0.15) is 23.6 Å². The van der Waals surface area contributed by atoms with Crippen molar-refractivity contribution in [2.24, 2.45) is 0 Å². The van der Waals surface area contributed by atoms with Crippen LogP contribution in [0.25, 0.3) is 0 Å². The lowest BCUT2D eigenvalue weighted by Crippen LogP contribution is -2.34. The summed E-state index contributed by atoms with van der Waals surface area (Å²) in [6.07, 6.45) is -1.15. The van der Waals surface area contributed by atoms with Gasteiger partial charge >= 0.3 is 0 Å². The van der Waals surface area contributed by atoms with Crippen molar-refractivity contribution in [1.82, 2.24) is 9.79 Å². The van der Waals surface area contributed by atoms with Crippen LogP contribution in [0.5, 0.6) is 0 Å². The second-order valence-electron chi connectivity index (χ2n) is 5.47. The van der Waals surface area contributed by atoms with E-state index in [-0.39, 0.29) is 17.9 Å². The summed E-state index contributed by atoms with van der Waals surface area (Å²) < 4.78 is 27.0. The predicted octanol–water partition coefficient (Wildman–Crippen LogP) is 1.62. The summed E-state index contributed by atoms with van der Waals surface area (Å²) in [4.78, 5) is 0.256. The maximum Gasteiger partial charge on any atom is 0.244 e. The van der Waals surface area contributed by atoms with Gasteiger partial charge in [0.25, 0.3) is 0 Å². The summed E-state index contributed by atoms with van der Waals surface area (Å²) in [7, 11) is -3.63. The average Bonchev–Trinajstić information content (AvgIpc) is 2.77. The Morgan fingerprint density at radius 3 is 2.43 bits per heavy atom. The van der Waals surface area contributed by atoms with Gasteiger partial charge in [-0.2, -0.15) is 9.79 Å². The Labute approximate surface area is 135 Å². The molecule has 2 atom stereocenters. The van der Waals surface area contributed by atoms with Gasteiger partial charge in [-0.05, 0) is 17.2 Å². The van der Waals surface area contributed by atoms with Gasteiger partial charge in [-0.25, -0.2) is 8.42 Å². The van der Waals surface area contributed by atoms with Gasteiger partial charge in [0, 0.05) is 13.0 Å². The molecule has 0 amide bonds. The lowest BCUT2D eigenvalue weighted by Gasteiger charge is -2.25. The standard InChI is InChI=1S/C16H18N2O4S/c19-16(17-20)10-14-13-8-4-5-9-15(13)23(21,22)18(14)11-12-6-2-1-3-7-12/h1-9,14,16-17,19-20H,10-11H2. The molecule has 2 unspecified atom stereocenters. The second kappa shape index (κ2) is 6.38. The Morgan fingerprint density at radius 2 is 1.74 bits per heavy atom. The van der Waals surface area contributed by atoms with E-state index in [0.717, 1.165) is 5.56 Å². The van der Waals surface area contributed by atoms with E-state index in [1.807, 2.05) is 30.3 Å². The highest BCUT2D eigenvalue weighted by molar-refractivity contribution is 7.89. The molecular weight excluding hydrogens is 316 g/mol. The van der Waals surface area contributed by atoms with Gasteiger partial charge in [0.15, 0.2) is 0 Å². The molecule has 0 saturated heterocycles. The van der Waals surface area contributed by atoms with E-state index >= 15 is 0 Å². The summed E-state index contributed by atoms with van der Waals surface area (Å²) in [5.74, 6) is 0. The quantitative estimate of drug-likeness (QED) is 0.571. The Morgan fingerprint density at radius 1 is 1.09 bits per heavy atom. The van der Waals surface area contributed by atoms with E-state index in [1.54, 1.807) is 29.7 Å². The van der Waals surface area contributed by atoms with Crippen molar-refractivity contribution in [3.8, 4) is 0 Å². The SMILES string of the molecule is O=S1(=O)c2ccccc2C(CC(O)NO)N1Cc1ccccc1. The third-order valence-corrected chi connectivity index (χ3v) is 5.92. The maximum atomic E-state index is 12.8. The molecule has 0 fully saturated rings. The van der Waals surface area contributed by atoms with Crippen LogP contribution in [0.3, 0.4) is 0 Å². The number of benzene rings is 2. The molecule has 6 nitrogen and oxygen atoms in total. The van der Waals surface area contributed by atoms with Crippen molar-refractivity contribution in [1.29, 1.82) is 0 Å². The number of nitrogens with one attached hydrogen (secondary N) is 1. The van der Waals surface area contributed by atoms with E-state index < -0.39 is 22.3 Å². The Kier molecular flexibility index (Phi) is 4.47. The summed E-state index contributed by atoms with van der Waals surface area (Å²) in [5.41, 5.74) is 3.27. The molecule has 2 aromatic carbocycles. The Bertz CT molecular complexity index is 780. The zero-order valence-corrected chi connectivity index (χ0v) is 13.1. The van der Waals surface area contributed by atoms with E-state index in [0.29, 0.717) is 5.56 Å². The van der Waals surface area contributed by atoms with Crippen LogP contribution in [0.15, 0.2) is 59.5 Å². The Hall–Kier alpha value is -1.77. The fourth-order valence-electron chi connectivity index (χ4n) is 2.91. The Balaban J connectivity index is 2.01. The summed E-state index contributed by atoms with van der Waals surface area (Å²) in [5, 5.41) is 18.6. The van der Waals surface area contributed by atoms with Crippen molar-refractivity contribution >= 4 is 10.0 Å².